The Hall–Kier alpha value is -3.28. The Kier molecular flexibility index (Phi) is 5.22. The maximum absolute atomic E-state index is 13.2. The average Bonchev–Trinajstić information content (AvgIpc) is 2.62. The number of rotatable bonds is 5. The van der Waals surface area contributed by atoms with Gasteiger partial charge in [-0.25, -0.2) is 14.4 Å². The number of aromatic nitrogens is 2. The SMILES string of the molecule is CC(C)c1ccccc1Nc1ncc(C(=O)Nc2cccc(F)c2)cn1. The number of para-hydroxylation sites is 1. The first-order valence-electron chi connectivity index (χ1n) is 8.28. The van der Waals surface area contributed by atoms with Crippen molar-refractivity contribution in [3.8, 4) is 0 Å². The highest BCUT2D eigenvalue weighted by Crippen LogP contribution is 2.25. The molecule has 1 heterocycles. The van der Waals surface area contributed by atoms with E-state index in [1.54, 1.807) is 6.07 Å². The first kappa shape index (κ1) is 17.5. The highest BCUT2D eigenvalue weighted by Gasteiger charge is 2.10. The van der Waals surface area contributed by atoms with Crippen LogP contribution < -0.4 is 10.6 Å². The lowest BCUT2D eigenvalue weighted by molar-refractivity contribution is 0.102. The van der Waals surface area contributed by atoms with Crippen molar-refractivity contribution in [2.24, 2.45) is 0 Å². The lowest BCUT2D eigenvalue weighted by Crippen LogP contribution is -2.13. The number of amides is 1. The summed E-state index contributed by atoms with van der Waals surface area (Å²) in [4.78, 5) is 20.6. The van der Waals surface area contributed by atoms with E-state index in [1.807, 2.05) is 24.3 Å². The second-order valence-corrected chi connectivity index (χ2v) is 6.13. The molecule has 0 saturated heterocycles. The van der Waals surface area contributed by atoms with Gasteiger partial charge >= 0.3 is 0 Å². The molecule has 0 spiro atoms. The molecule has 3 rings (SSSR count). The van der Waals surface area contributed by atoms with E-state index in [9.17, 15) is 9.18 Å². The van der Waals surface area contributed by atoms with Crippen LogP contribution in [-0.2, 0) is 0 Å². The standard InChI is InChI=1S/C20H19FN4O/c1-13(2)17-8-3-4-9-18(17)25-20-22-11-14(12-23-20)19(26)24-16-7-5-6-15(21)10-16/h3-13H,1-2H3,(H,24,26)(H,22,23,25). The molecule has 0 aliphatic rings. The Morgan fingerprint density at radius 1 is 1.04 bits per heavy atom. The molecule has 0 atom stereocenters. The summed E-state index contributed by atoms with van der Waals surface area (Å²) >= 11 is 0. The summed E-state index contributed by atoms with van der Waals surface area (Å²) < 4.78 is 13.2. The smallest absolute Gasteiger partial charge is 0.258 e. The van der Waals surface area contributed by atoms with Gasteiger partial charge in [0.05, 0.1) is 5.56 Å². The second kappa shape index (κ2) is 7.74. The normalized spacial score (nSPS) is 10.6. The van der Waals surface area contributed by atoms with Crippen molar-refractivity contribution in [3.63, 3.8) is 0 Å². The molecule has 2 aromatic carbocycles. The number of nitrogens with zero attached hydrogens (tertiary/aromatic N) is 2. The third-order valence-corrected chi connectivity index (χ3v) is 3.83. The summed E-state index contributed by atoms with van der Waals surface area (Å²) in [7, 11) is 0. The van der Waals surface area contributed by atoms with E-state index < -0.39 is 11.7 Å². The van der Waals surface area contributed by atoms with Gasteiger partial charge in [0.1, 0.15) is 5.82 Å². The minimum atomic E-state index is -0.414. The van der Waals surface area contributed by atoms with Crippen LogP contribution in [0.4, 0.5) is 21.7 Å². The molecule has 0 aliphatic carbocycles. The molecule has 0 radical (unpaired) electrons. The van der Waals surface area contributed by atoms with E-state index in [-0.39, 0.29) is 5.56 Å². The van der Waals surface area contributed by atoms with Crippen LogP contribution >= 0.6 is 0 Å². The molecule has 0 saturated carbocycles. The Bertz CT molecular complexity index is 910. The summed E-state index contributed by atoms with van der Waals surface area (Å²) in [6.07, 6.45) is 2.86. The van der Waals surface area contributed by atoms with Gasteiger partial charge in [-0.15, -0.1) is 0 Å². The minimum Gasteiger partial charge on any atom is -0.324 e. The fourth-order valence-electron chi connectivity index (χ4n) is 2.51. The molecule has 0 aliphatic heterocycles. The largest absolute Gasteiger partial charge is 0.324 e. The van der Waals surface area contributed by atoms with Gasteiger partial charge in [0.15, 0.2) is 0 Å². The van der Waals surface area contributed by atoms with E-state index in [2.05, 4.69) is 34.4 Å². The minimum absolute atomic E-state index is 0.289. The third kappa shape index (κ3) is 4.22. The van der Waals surface area contributed by atoms with Crippen LogP contribution in [0.1, 0.15) is 35.7 Å². The lowest BCUT2D eigenvalue weighted by atomic mass is 10.0. The van der Waals surface area contributed by atoms with Gasteiger partial charge in [0, 0.05) is 23.8 Å². The highest BCUT2D eigenvalue weighted by atomic mass is 19.1. The third-order valence-electron chi connectivity index (χ3n) is 3.83. The van der Waals surface area contributed by atoms with Gasteiger partial charge in [-0.05, 0) is 35.7 Å². The number of carbonyl (C=O) groups excluding carboxylic acids is 1. The predicted molar refractivity (Wildman–Crippen MR) is 100 cm³/mol. The van der Waals surface area contributed by atoms with Crippen LogP contribution in [0, 0.1) is 5.82 Å². The van der Waals surface area contributed by atoms with Crippen molar-refractivity contribution in [1.82, 2.24) is 9.97 Å². The van der Waals surface area contributed by atoms with Crippen LogP contribution in [0.2, 0.25) is 0 Å². The summed E-state index contributed by atoms with van der Waals surface area (Å²) in [5.41, 5.74) is 2.75. The quantitative estimate of drug-likeness (QED) is 0.698. The maximum atomic E-state index is 13.2. The molecule has 2 N–H and O–H groups in total. The number of anilines is 3. The monoisotopic (exact) mass is 350 g/mol. The van der Waals surface area contributed by atoms with Gasteiger partial charge < -0.3 is 10.6 Å². The predicted octanol–water partition coefficient (Wildman–Crippen LogP) is 4.74. The van der Waals surface area contributed by atoms with Crippen molar-refractivity contribution in [1.29, 1.82) is 0 Å². The van der Waals surface area contributed by atoms with Gasteiger partial charge in [-0.2, -0.15) is 0 Å². The van der Waals surface area contributed by atoms with Gasteiger partial charge in [0.25, 0.3) is 5.91 Å². The van der Waals surface area contributed by atoms with E-state index in [4.69, 9.17) is 0 Å². The van der Waals surface area contributed by atoms with Crippen LogP contribution in [-0.4, -0.2) is 15.9 Å². The first-order valence-corrected chi connectivity index (χ1v) is 8.28. The molecule has 1 amide bonds. The molecule has 0 fully saturated rings. The molecule has 3 aromatic rings. The van der Waals surface area contributed by atoms with Crippen molar-refractivity contribution >= 4 is 23.2 Å². The van der Waals surface area contributed by atoms with Gasteiger partial charge in [-0.1, -0.05) is 38.1 Å². The molecule has 6 heteroatoms. The molecule has 1 aromatic heterocycles. The lowest BCUT2D eigenvalue weighted by Gasteiger charge is -2.13. The number of hydrogen-bond acceptors (Lipinski definition) is 4. The summed E-state index contributed by atoms with van der Waals surface area (Å²) in [5, 5.41) is 5.79. The van der Waals surface area contributed by atoms with Crippen LogP contribution in [0.5, 0.6) is 0 Å². The summed E-state index contributed by atoms with van der Waals surface area (Å²) in [5.74, 6) is -0.0532. The van der Waals surface area contributed by atoms with E-state index in [0.29, 0.717) is 17.6 Å². The Morgan fingerprint density at radius 3 is 2.46 bits per heavy atom. The van der Waals surface area contributed by atoms with Crippen molar-refractivity contribution in [2.45, 2.75) is 19.8 Å². The zero-order chi connectivity index (χ0) is 18.5. The number of benzene rings is 2. The molecule has 0 bridgehead atoms. The number of hydrogen-bond donors (Lipinski definition) is 2. The fraction of sp³-hybridized carbons (Fsp3) is 0.150. The molecule has 5 nitrogen and oxygen atoms in total. The first-order chi connectivity index (χ1) is 12.5. The van der Waals surface area contributed by atoms with Crippen LogP contribution in [0.25, 0.3) is 0 Å². The topological polar surface area (TPSA) is 66.9 Å². The van der Waals surface area contributed by atoms with Crippen LogP contribution in [0.3, 0.4) is 0 Å². The second-order valence-electron chi connectivity index (χ2n) is 6.13. The average molecular weight is 350 g/mol. The Labute approximate surface area is 151 Å². The zero-order valence-electron chi connectivity index (χ0n) is 14.5. The molecule has 0 unspecified atom stereocenters. The van der Waals surface area contributed by atoms with E-state index in [1.165, 1.54) is 30.6 Å². The van der Waals surface area contributed by atoms with Gasteiger partial charge in [0.2, 0.25) is 5.95 Å². The fourth-order valence-corrected chi connectivity index (χ4v) is 2.51. The van der Waals surface area contributed by atoms with E-state index in [0.717, 1.165) is 11.3 Å². The van der Waals surface area contributed by atoms with Gasteiger partial charge in [-0.3, -0.25) is 4.79 Å². The maximum Gasteiger partial charge on any atom is 0.258 e. The molecular weight excluding hydrogens is 331 g/mol. The zero-order valence-corrected chi connectivity index (χ0v) is 14.5. The summed E-state index contributed by atoms with van der Waals surface area (Å²) in [6, 6.07) is 13.6. The Balaban J connectivity index is 1.71. The molecular formula is C20H19FN4O. The van der Waals surface area contributed by atoms with Crippen LogP contribution in [0.15, 0.2) is 60.9 Å². The number of nitrogens with one attached hydrogen (secondary N) is 2. The van der Waals surface area contributed by atoms with E-state index >= 15 is 0 Å². The number of carbonyl (C=O) groups is 1. The molecule has 26 heavy (non-hydrogen) atoms. The Morgan fingerprint density at radius 2 is 1.77 bits per heavy atom. The summed E-state index contributed by atoms with van der Waals surface area (Å²) in [6.45, 7) is 4.22. The highest BCUT2D eigenvalue weighted by molar-refractivity contribution is 6.03. The number of halogens is 1. The van der Waals surface area contributed by atoms with Crippen molar-refractivity contribution < 1.29 is 9.18 Å². The van der Waals surface area contributed by atoms with Crippen molar-refractivity contribution in [3.05, 3.63) is 77.9 Å². The van der Waals surface area contributed by atoms with Crippen molar-refractivity contribution in [2.75, 3.05) is 10.6 Å². The molecule has 132 valence electrons.